The lowest BCUT2D eigenvalue weighted by Gasteiger charge is -2.28. The van der Waals surface area contributed by atoms with Crippen molar-refractivity contribution >= 4 is 17.9 Å². The van der Waals surface area contributed by atoms with E-state index < -0.39 is 24.3 Å². The number of nitrogens with two attached hydrogens (primary N) is 2. The zero-order chi connectivity index (χ0) is 27.6. The van der Waals surface area contributed by atoms with E-state index in [9.17, 15) is 9.59 Å². The lowest BCUT2D eigenvalue weighted by molar-refractivity contribution is -0.163. The van der Waals surface area contributed by atoms with Crippen LogP contribution in [0.15, 0.2) is 89.9 Å². The van der Waals surface area contributed by atoms with Crippen molar-refractivity contribution in [2.75, 3.05) is 19.7 Å². The van der Waals surface area contributed by atoms with Gasteiger partial charge >= 0.3 is 12.1 Å². The Morgan fingerprint density at radius 2 is 1.49 bits per heavy atom. The summed E-state index contributed by atoms with van der Waals surface area (Å²) >= 11 is 0. The van der Waals surface area contributed by atoms with Gasteiger partial charge in [0.25, 0.3) is 0 Å². The molecular weight excluding hydrogens is 500 g/mol. The van der Waals surface area contributed by atoms with Gasteiger partial charge in [0, 0.05) is 18.7 Å². The van der Waals surface area contributed by atoms with Gasteiger partial charge in [0.1, 0.15) is 18.2 Å². The maximum atomic E-state index is 13.0. The van der Waals surface area contributed by atoms with Gasteiger partial charge in [-0.25, -0.2) is 15.5 Å². The molecule has 1 unspecified atom stereocenters. The second-order valence-electron chi connectivity index (χ2n) is 9.11. The first-order valence-corrected chi connectivity index (χ1v) is 12.6. The summed E-state index contributed by atoms with van der Waals surface area (Å²) in [5, 5.41) is 9.08. The quantitative estimate of drug-likeness (QED) is 0.155. The molecule has 1 fully saturated rings. The number of likely N-dealkylation sites (tertiary alicyclic amines) is 1. The number of hydrogen-bond acceptors (Lipinski definition) is 7. The number of hydrogen-bond donors (Lipinski definition) is 3. The van der Waals surface area contributed by atoms with Gasteiger partial charge in [0.05, 0.1) is 6.04 Å². The van der Waals surface area contributed by atoms with Gasteiger partial charge in [-0.15, -0.1) is 0 Å². The van der Waals surface area contributed by atoms with Crippen LogP contribution in [-0.2, 0) is 14.4 Å². The van der Waals surface area contributed by atoms with Crippen molar-refractivity contribution < 1.29 is 29.0 Å². The molecule has 1 heterocycles. The SMILES string of the molecule is NOC(COc1ccc(C(N)=NC2CCN(C(=O)O)CC2)cc1)C(=O)OC(c1ccccc1)c1ccccc1. The van der Waals surface area contributed by atoms with E-state index in [-0.39, 0.29) is 12.6 Å². The van der Waals surface area contributed by atoms with Crippen LogP contribution < -0.4 is 16.4 Å². The number of carbonyl (C=O) groups excluding carboxylic acids is 1. The van der Waals surface area contributed by atoms with E-state index in [1.807, 2.05) is 60.7 Å². The summed E-state index contributed by atoms with van der Waals surface area (Å²) in [6.07, 6.45) is -1.44. The van der Waals surface area contributed by atoms with Crippen LogP contribution in [0, 0.1) is 0 Å². The van der Waals surface area contributed by atoms with Crippen LogP contribution in [0.4, 0.5) is 4.79 Å². The number of nitrogens with zero attached hydrogens (tertiary/aromatic N) is 2. The number of aliphatic imine (C=N–C) groups is 1. The van der Waals surface area contributed by atoms with E-state index in [1.165, 1.54) is 4.90 Å². The number of rotatable bonds is 10. The Morgan fingerprint density at radius 1 is 0.923 bits per heavy atom. The predicted molar refractivity (Wildman–Crippen MR) is 145 cm³/mol. The van der Waals surface area contributed by atoms with Crippen molar-refractivity contribution in [3.8, 4) is 5.75 Å². The molecule has 1 aliphatic rings. The van der Waals surface area contributed by atoms with Gasteiger partial charge in [0.2, 0.25) is 6.10 Å². The highest BCUT2D eigenvalue weighted by Gasteiger charge is 2.27. The third kappa shape index (κ3) is 7.56. The monoisotopic (exact) mass is 532 g/mol. The van der Waals surface area contributed by atoms with E-state index in [1.54, 1.807) is 24.3 Å². The van der Waals surface area contributed by atoms with Crippen LogP contribution in [0.5, 0.6) is 5.75 Å². The number of piperidine rings is 1. The molecule has 10 nitrogen and oxygen atoms in total. The Bertz CT molecular complexity index is 1210. The lowest BCUT2D eigenvalue weighted by Crippen LogP contribution is -2.39. The first-order valence-electron chi connectivity index (χ1n) is 12.6. The minimum absolute atomic E-state index is 0.0272. The molecule has 0 aromatic heterocycles. The van der Waals surface area contributed by atoms with Crippen molar-refractivity contribution in [2.24, 2.45) is 16.6 Å². The maximum Gasteiger partial charge on any atom is 0.407 e. The lowest BCUT2D eigenvalue weighted by atomic mass is 10.0. The molecule has 0 bridgehead atoms. The minimum atomic E-state index is -1.15. The standard InChI is InChI=1S/C29H32N4O6/c30-27(32-23-15-17-33(18-16-23)29(35)36)22-11-13-24(14-12-22)37-19-25(39-31)28(34)38-26(20-7-3-1-4-8-20)21-9-5-2-6-10-21/h1-14,23,25-26H,15-19,31H2,(H2,30,32)(H,35,36). The highest BCUT2D eigenvalue weighted by molar-refractivity contribution is 5.97. The molecule has 0 saturated carbocycles. The molecular formula is C29H32N4O6. The first-order chi connectivity index (χ1) is 18.9. The number of esters is 1. The number of carboxylic acid groups (broad SMARTS) is 1. The highest BCUT2D eigenvalue weighted by atomic mass is 16.7. The van der Waals surface area contributed by atoms with Gasteiger partial charge in [-0.2, -0.15) is 0 Å². The summed E-state index contributed by atoms with van der Waals surface area (Å²) in [5.74, 6) is 5.62. The fourth-order valence-corrected chi connectivity index (χ4v) is 4.29. The van der Waals surface area contributed by atoms with E-state index in [4.69, 9.17) is 31.0 Å². The van der Waals surface area contributed by atoms with Crippen LogP contribution in [0.2, 0.25) is 0 Å². The average molecular weight is 533 g/mol. The summed E-state index contributed by atoms with van der Waals surface area (Å²) in [6.45, 7) is 0.721. The Balaban J connectivity index is 1.34. The molecule has 0 spiro atoms. The number of benzene rings is 3. The van der Waals surface area contributed by atoms with Gasteiger partial charge in [-0.1, -0.05) is 60.7 Å². The van der Waals surface area contributed by atoms with E-state index in [0.717, 1.165) is 11.1 Å². The van der Waals surface area contributed by atoms with Crippen LogP contribution in [0.1, 0.15) is 35.6 Å². The fraction of sp³-hybridized carbons (Fsp3) is 0.276. The fourth-order valence-electron chi connectivity index (χ4n) is 4.29. The van der Waals surface area contributed by atoms with E-state index in [0.29, 0.717) is 43.1 Å². The zero-order valence-corrected chi connectivity index (χ0v) is 21.4. The second kappa shape index (κ2) is 13.4. The van der Waals surface area contributed by atoms with Gasteiger partial charge in [-0.05, 0) is 48.2 Å². The Kier molecular flexibility index (Phi) is 9.49. The van der Waals surface area contributed by atoms with Crippen molar-refractivity contribution in [1.82, 2.24) is 4.90 Å². The number of carbonyl (C=O) groups is 2. The van der Waals surface area contributed by atoms with Crippen molar-refractivity contribution in [3.63, 3.8) is 0 Å². The molecule has 0 aliphatic carbocycles. The molecule has 1 aliphatic heterocycles. The van der Waals surface area contributed by atoms with Crippen molar-refractivity contribution in [1.29, 1.82) is 0 Å². The summed E-state index contributed by atoms with van der Waals surface area (Å²) in [6, 6.07) is 25.7. The molecule has 204 valence electrons. The third-order valence-electron chi connectivity index (χ3n) is 6.47. The summed E-state index contributed by atoms with van der Waals surface area (Å²) in [5.41, 5.74) is 8.52. The Labute approximate surface area is 226 Å². The summed E-state index contributed by atoms with van der Waals surface area (Å²) in [7, 11) is 0. The third-order valence-corrected chi connectivity index (χ3v) is 6.47. The Hall–Kier alpha value is -4.41. The molecule has 4 rings (SSSR count). The molecule has 1 atom stereocenters. The number of ether oxygens (including phenoxy) is 2. The predicted octanol–water partition coefficient (Wildman–Crippen LogP) is 3.50. The molecule has 3 aromatic rings. The van der Waals surface area contributed by atoms with Gasteiger partial charge in [-0.3, -0.25) is 9.83 Å². The Morgan fingerprint density at radius 3 is 2.00 bits per heavy atom. The number of amides is 1. The largest absolute Gasteiger partial charge is 0.490 e. The molecule has 3 aromatic carbocycles. The second-order valence-corrected chi connectivity index (χ2v) is 9.11. The van der Waals surface area contributed by atoms with Crippen LogP contribution in [0.3, 0.4) is 0 Å². The first kappa shape index (κ1) is 27.6. The minimum Gasteiger partial charge on any atom is -0.490 e. The van der Waals surface area contributed by atoms with Crippen LogP contribution in [0.25, 0.3) is 0 Å². The molecule has 0 radical (unpaired) electrons. The molecule has 39 heavy (non-hydrogen) atoms. The smallest absolute Gasteiger partial charge is 0.407 e. The van der Waals surface area contributed by atoms with Crippen LogP contribution in [-0.4, -0.2) is 59.7 Å². The van der Waals surface area contributed by atoms with Crippen LogP contribution >= 0.6 is 0 Å². The maximum absolute atomic E-state index is 13.0. The molecule has 5 N–H and O–H groups in total. The normalized spacial score (nSPS) is 15.1. The van der Waals surface area contributed by atoms with E-state index in [2.05, 4.69) is 4.99 Å². The topological polar surface area (TPSA) is 150 Å². The molecule has 1 saturated heterocycles. The number of amidine groups is 1. The molecule has 1 amide bonds. The summed E-state index contributed by atoms with van der Waals surface area (Å²) in [4.78, 5) is 34.9. The van der Waals surface area contributed by atoms with Gasteiger partial charge in [0.15, 0.2) is 6.10 Å². The average Bonchev–Trinajstić information content (AvgIpc) is 2.97. The van der Waals surface area contributed by atoms with Crippen molar-refractivity contribution in [3.05, 3.63) is 102 Å². The molecule has 10 heteroatoms. The highest BCUT2D eigenvalue weighted by Crippen LogP contribution is 2.26. The zero-order valence-electron chi connectivity index (χ0n) is 21.4. The van der Waals surface area contributed by atoms with E-state index >= 15 is 0 Å². The van der Waals surface area contributed by atoms with Crippen molar-refractivity contribution in [2.45, 2.75) is 31.1 Å². The van der Waals surface area contributed by atoms with Gasteiger partial charge < -0.3 is 25.2 Å². The summed E-state index contributed by atoms with van der Waals surface area (Å²) < 4.78 is 11.6.